The smallest absolute Gasteiger partial charge is 0.169 e. The Morgan fingerprint density at radius 3 is 2.76 bits per heavy atom. The van der Waals surface area contributed by atoms with Crippen molar-refractivity contribution in [2.45, 2.75) is 39.4 Å². The molecule has 1 aromatic carbocycles. The topological polar surface area (TPSA) is 46.0 Å². The molecule has 0 aliphatic carbocycles. The van der Waals surface area contributed by atoms with Crippen LogP contribution in [0.3, 0.4) is 0 Å². The van der Waals surface area contributed by atoms with Crippen molar-refractivity contribution >= 4 is 17.3 Å². The summed E-state index contributed by atoms with van der Waals surface area (Å²) < 4.78 is 1.90. The van der Waals surface area contributed by atoms with Gasteiger partial charge in [-0.05, 0) is 44.6 Å². The third kappa shape index (κ3) is 2.90. The monoisotopic (exact) mass is 301 g/mol. The zero-order chi connectivity index (χ0) is 15.0. The first-order valence-electron chi connectivity index (χ1n) is 6.99. The second kappa shape index (κ2) is 5.11. The molecule has 2 aromatic rings. The maximum absolute atomic E-state index is 5.58. The van der Waals surface area contributed by atoms with Crippen LogP contribution in [0.2, 0.25) is 0 Å². The average Bonchev–Trinajstić information content (AvgIpc) is 2.79. The number of thiocarbonyl (C=S) groups is 1. The first-order valence-corrected chi connectivity index (χ1v) is 7.40. The number of fused-ring (bicyclic) bond motifs is 3. The molecule has 0 amide bonds. The summed E-state index contributed by atoms with van der Waals surface area (Å²) in [6, 6.07) is 8.24. The van der Waals surface area contributed by atoms with Crippen molar-refractivity contribution in [1.29, 1.82) is 0 Å². The summed E-state index contributed by atoms with van der Waals surface area (Å²) in [7, 11) is 0. The lowest BCUT2D eigenvalue weighted by molar-refractivity contribution is 0.376. The highest BCUT2D eigenvalue weighted by Crippen LogP contribution is 2.23. The Morgan fingerprint density at radius 1 is 1.24 bits per heavy atom. The van der Waals surface area contributed by atoms with E-state index in [0.717, 1.165) is 23.0 Å². The number of aromatic nitrogens is 3. The first kappa shape index (κ1) is 14.0. The molecule has 0 saturated heterocycles. The van der Waals surface area contributed by atoms with Gasteiger partial charge < -0.3 is 10.2 Å². The Bertz CT molecular complexity index is 671. The van der Waals surface area contributed by atoms with E-state index in [4.69, 9.17) is 12.2 Å². The van der Waals surface area contributed by atoms with Crippen LogP contribution in [0, 0.1) is 0 Å². The predicted molar refractivity (Wildman–Crippen MR) is 86.1 cm³/mol. The average molecular weight is 301 g/mol. The highest BCUT2D eigenvalue weighted by Gasteiger charge is 2.23. The van der Waals surface area contributed by atoms with E-state index in [-0.39, 0.29) is 5.54 Å². The molecule has 0 atom stereocenters. The third-order valence-corrected chi connectivity index (χ3v) is 3.68. The predicted octanol–water partition coefficient (Wildman–Crippen LogP) is 2.26. The summed E-state index contributed by atoms with van der Waals surface area (Å²) in [5.41, 5.74) is 3.25. The zero-order valence-corrected chi connectivity index (χ0v) is 13.3. The maximum atomic E-state index is 5.58. The fraction of sp³-hybridized carbons (Fsp3) is 0.400. The molecule has 0 fully saturated rings. The van der Waals surface area contributed by atoms with Crippen LogP contribution in [-0.2, 0) is 13.1 Å². The lowest BCUT2D eigenvalue weighted by Gasteiger charge is -2.30. The van der Waals surface area contributed by atoms with Crippen LogP contribution in [0.25, 0.3) is 5.69 Å². The number of para-hydroxylation sites is 1. The second-order valence-corrected chi connectivity index (χ2v) is 6.69. The quantitative estimate of drug-likeness (QED) is 0.756. The number of nitrogens with one attached hydrogen (secondary N) is 1. The molecule has 1 aliphatic heterocycles. The van der Waals surface area contributed by atoms with Crippen molar-refractivity contribution in [3.63, 3.8) is 0 Å². The van der Waals surface area contributed by atoms with Gasteiger partial charge in [-0.25, -0.2) is 4.68 Å². The summed E-state index contributed by atoms with van der Waals surface area (Å²) in [4.78, 5) is 2.15. The molecule has 0 spiro atoms. The van der Waals surface area contributed by atoms with Crippen LogP contribution < -0.4 is 5.32 Å². The van der Waals surface area contributed by atoms with Crippen LogP contribution >= 0.6 is 12.2 Å². The molecule has 0 saturated carbocycles. The van der Waals surface area contributed by atoms with E-state index in [1.807, 2.05) is 16.8 Å². The van der Waals surface area contributed by atoms with E-state index in [9.17, 15) is 0 Å². The Hall–Kier alpha value is -1.95. The summed E-state index contributed by atoms with van der Waals surface area (Å²) in [5, 5.41) is 12.4. The van der Waals surface area contributed by atoms with Gasteiger partial charge in [0, 0.05) is 12.1 Å². The highest BCUT2D eigenvalue weighted by atomic mass is 32.1. The minimum absolute atomic E-state index is 0.0542. The Morgan fingerprint density at radius 2 is 2.00 bits per heavy atom. The molecule has 0 unspecified atom stereocenters. The van der Waals surface area contributed by atoms with Gasteiger partial charge in [-0.1, -0.05) is 23.4 Å². The number of benzene rings is 1. The summed E-state index contributed by atoms with van der Waals surface area (Å²) in [5.74, 6) is 0. The highest BCUT2D eigenvalue weighted by molar-refractivity contribution is 7.80. The third-order valence-electron chi connectivity index (χ3n) is 3.32. The van der Waals surface area contributed by atoms with Gasteiger partial charge >= 0.3 is 0 Å². The van der Waals surface area contributed by atoms with E-state index < -0.39 is 0 Å². The second-order valence-electron chi connectivity index (χ2n) is 6.30. The summed E-state index contributed by atoms with van der Waals surface area (Å²) >= 11 is 5.58. The van der Waals surface area contributed by atoms with Crippen molar-refractivity contribution in [2.24, 2.45) is 0 Å². The Kier molecular flexibility index (Phi) is 3.41. The van der Waals surface area contributed by atoms with E-state index >= 15 is 0 Å². The molecule has 1 aliphatic rings. The molecule has 1 aromatic heterocycles. The fourth-order valence-electron chi connectivity index (χ4n) is 2.42. The molecule has 5 nitrogen and oxygen atoms in total. The van der Waals surface area contributed by atoms with Crippen LogP contribution in [0.15, 0.2) is 30.5 Å². The fourth-order valence-corrected chi connectivity index (χ4v) is 2.85. The molecule has 2 heterocycles. The lowest BCUT2D eigenvalue weighted by Crippen LogP contribution is -2.47. The molecule has 6 heteroatoms. The van der Waals surface area contributed by atoms with Crippen LogP contribution in [-0.4, -0.2) is 30.5 Å². The molecule has 0 bridgehead atoms. The first-order chi connectivity index (χ1) is 9.94. The molecule has 1 N–H and O–H groups in total. The van der Waals surface area contributed by atoms with Gasteiger partial charge in [0.15, 0.2) is 5.11 Å². The van der Waals surface area contributed by atoms with Gasteiger partial charge in [0.2, 0.25) is 0 Å². The normalized spacial score (nSPS) is 14.1. The van der Waals surface area contributed by atoms with Crippen molar-refractivity contribution in [1.82, 2.24) is 25.2 Å². The number of rotatable bonds is 0. The molecule has 3 rings (SSSR count). The zero-order valence-electron chi connectivity index (χ0n) is 12.5. The molecular formula is C15H19N5S. The van der Waals surface area contributed by atoms with Crippen molar-refractivity contribution in [3.05, 3.63) is 41.7 Å². The van der Waals surface area contributed by atoms with Gasteiger partial charge in [-0.15, -0.1) is 5.10 Å². The summed E-state index contributed by atoms with van der Waals surface area (Å²) in [6.07, 6.45) is 1.80. The lowest BCUT2D eigenvalue weighted by atomic mass is 10.1. The van der Waals surface area contributed by atoms with Gasteiger partial charge in [-0.3, -0.25) is 0 Å². The van der Waals surface area contributed by atoms with Gasteiger partial charge in [0.05, 0.1) is 24.1 Å². The van der Waals surface area contributed by atoms with E-state index in [1.165, 1.54) is 5.56 Å². The summed E-state index contributed by atoms with van der Waals surface area (Å²) in [6.45, 7) is 7.79. The van der Waals surface area contributed by atoms with Crippen LogP contribution in [0.4, 0.5) is 0 Å². The van der Waals surface area contributed by atoms with Crippen molar-refractivity contribution in [3.8, 4) is 5.69 Å². The maximum Gasteiger partial charge on any atom is 0.169 e. The number of nitrogens with zero attached hydrogens (tertiary/aromatic N) is 4. The molecule has 0 radical (unpaired) electrons. The minimum atomic E-state index is -0.0542. The van der Waals surface area contributed by atoms with E-state index in [2.05, 4.69) is 53.4 Å². The molecular weight excluding hydrogens is 282 g/mol. The Labute approximate surface area is 130 Å². The SMILES string of the molecule is CC(C)(C)NC(=S)N1Cc2ccccc2-n2nncc2C1. The van der Waals surface area contributed by atoms with E-state index in [1.54, 1.807) is 6.20 Å². The molecule has 21 heavy (non-hydrogen) atoms. The Balaban J connectivity index is 1.96. The number of hydrogen-bond acceptors (Lipinski definition) is 3. The van der Waals surface area contributed by atoms with E-state index in [0.29, 0.717) is 6.54 Å². The van der Waals surface area contributed by atoms with Gasteiger partial charge in [0.25, 0.3) is 0 Å². The van der Waals surface area contributed by atoms with Gasteiger partial charge in [-0.2, -0.15) is 0 Å². The van der Waals surface area contributed by atoms with Crippen molar-refractivity contribution < 1.29 is 0 Å². The molecule has 110 valence electrons. The van der Waals surface area contributed by atoms with Crippen molar-refractivity contribution in [2.75, 3.05) is 0 Å². The van der Waals surface area contributed by atoms with Crippen LogP contribution in [0.5, 0.6) is 0 Å². The standard InChI is InChI=1S/C15H19N5S/c1-15(2,3)17-14(21)19-9-11-6-4-5-7-13(11)20-12(10-19)8-16-18-20/h4-8H,9-10H2,1-3H3,(H,17,21). The van der Waals surface area contributed by atoms with Gasteiger partial charge in [0.1, 0.15) is 0 Å². The van der Waals surface area contributed by atoms with Crippen LogP contribution in [0.1, 0.15) is 32.0 Å². The minimum Gasteiger partial charge on any atom is -0.358 e. The largest absolute Gasteiger partial charge is 0.358 e. The number of hydrogen-bond donors (Lipinski definition) is 1.